The number of nitrogens with zero attached hydrogens (tertiary/aromatic N) is 1. The van der Waals surface area contributed by atoms with Crippen LogP contribution in [0.25, 0.3) is 0 Å². The number of aromatic amines is 1. The second-order valence-corrected chi connectivity index (χ2v) is 4.70. The van der Waals surface area contributed by atoms with Crippen LogP contribution in [-0.4, -0.2) is 22.5 Å². The summed E-state index contributed by atoms with van der Waals surface area (Å²) in [7, 11) is 0. The van der Waals surface area contributed by atoms with Gasteiger partial charge in [0.1, 0.15) is 5.75 Å². The van der Waals surface area contributed by atoms with Crippen LogP contribution < -0.4 is 10.1 Å². The third-order valence-electron chi connectivity index (χ3n) is 3.11. The van der Waals surface area contributed by atoms with Gasteiger partial charge in [0, 0.05) is 6.20 Å². The van der Waals surface area contributed by atoms with Crippen LogP contribution in [0.5, 0.6) is 5.75 Å². The number of carbonyl (C=O) groups excluding carboxylic acids is 1. The number of benzene rings is 1. The zero-order chi connectivity index (χ0) is 14.4. The lowest BCUT2D eigenvalue weighted by molar-refractivity contribution is -0.121. The summed E-state index contributed by atoms with van der Waals surface area (Å²) < 4.78 is 5.57. The van der Waals surface area contributed by atoms with Gasteiger partial charge in [-0.2, -0.15) is 0 Å². The van der Waals surface area contributed by atoms with Crippen molar-refractivity contribution in [3.8, 4) is 5.75 Å². The van der Waals surface area contributed by atoms with Gasteiger partial charge in [0.15, 0.2) is 0 Å². The Labute approximate surface area is 118 Å². The molecular weight excluding hydrogens is 254 g/mol. The first-order valence-corrected chi connectivity index (χ1v) is 6.59. The minimum absolute atomic E-state index is 0.0385. The van der Waals surface area contributed by atoms with E-state index >= 15 is 0 Å². The van der Waals surface area contributed by atoms with Crippen LogP contribution in [0, 0.1) is 13.8 Å². The van der Waals surface area contributed by atoms with E-state index < -0.39 is 0 Å². The van der Waals surface area contributed by atoms with Crippen molar-refractivity contribution in [1.82, 2.24) is 15.3 Å². The Bertz CT molecular complexity index is 565. The normalized spacial score (nSPS) is 10.3. The van der Waals surface area contributed by atoms with Crippen molar-refractivity contribution in [2.45, 2.75) is 26.8 Å². The van der Waals surface area contributed by atoms with Crippen molar-refractivity contribution < 1.29 is 9.53 Å². The smallest absolute Gasteiger partial charge is 0.223 e. The lowest BCUT2D eigenvalue weighted by atomic mass is 10.1. The van der Waals surface area contributed by atoms with E-state index in [0.29, 0.717) is 19.6 Å². The lowest BCUT2D eigenvalue weighted by Gasteiger charge is -2.08. The van der Waals surface area contributed by atoms with E-state index in [2.05, 4.69) is 22.2 Å². The minimum atomic E-state index is -0.0385. The fraction of sp³-hybridized carbons (Fsp3) is 0.333. The van der Waals surface area contributed by atoms with E-state index in [0.717, 1.165) is 11.4 Å². The van der Waals surface area contributed by atoms with Crippen LogP contribution in [0.3, 0.4) is 0 Å². The highest BCUT2D eigenvalue weighted by Crippen LogP contribution is 2.16. The fourth-order valence-corrected chi connectivity index (χ4v) is 1.73. The first-order chi connectivity index (χ1) is 9.65. The molecule has 0 aliphatic carbocycles. The van der Waals surface area contributed by atoms with Crippen LogP contribution in [0.4, 0.5) is 0 Å². The number of amides is 1. The van der Waals surface area contributed by atoms with Gasteiger partial charge in [-0.25, -0.2) is 4.98 Å². The second kappa shape index (κ2) is 6.75. The van der Waals surface area contributed by atoms with Gasteiger partial charge in [0.25, 0.3) is 0 Å². The van der Waals surface area contributed by atoms with E-state index in [-0.39, 0.29) is 5.91 Å². The molecule has 1 aromatic carbocycles. The van der Waals surface area contributed by atoms with Gasteiger partial charge >= 0.3 is 0 Å². The topological polar surface area (TPSA) is 67.0 Å². The van der Waals surface area contributed by atoms with E-state index in [4.69, 9.17) is 4.74 Å². The molecular formula is C15H19N3O2. The third kappa shape index (κ3) is 4.12. The van der Waals surface area contributed by atoms with E-state index in [1.165, 1.54) is 11.1 Å². The van der Waals surface area contributed by atoms with Gasteiger partial charge in [-0.15, -0.1) is 0 Å². The average molecular weight is 273 g/mol. The standard InChI is InChI=1S/C15H19N3O2/c1-11-3-4-14(7-12(11)2)20-6-5-15(19)17-9-13-8-16-10-18-13/h3-4,7-8,10H,5-6,9H2,1-2H3,(H,16,18)(H,17,19). The van der Waals surface area contributed by atoms with Gasteiger partial charge in [-0.3, -0.25) is 4.79 Å². The summed E-state index contributed by atoms with van der Waals surface area (Å²) in [6.07, 6.45) is 3.61. The fourth-order valence-electron chi connectivity index (χ4n) is 1.73. The minimum Gasteiger partial charge on any atom is -0.493 e. The number of aromatic nitrogens is 2. The molecule has 2 rings (SSSR count). The third-order valence-corrected chi connectivity index (χ3v) is 3.11. The van der Waals surface area contributed by atoms with Crippen molar-refractivity contribution in [1.29, 1.82) is 0 Å². The van der Waals surface area contributed by atoms with Crippen molar-refractivity contribution in [2.24, 2.45) is 0 Å². The number of hydrogen-bond donors (Lipinski definition) is 2. The number of nitrogens with one attached hydrogen (secondary N) is 2. The summed E-state index contributed by atoms with van der Waals surface area (Å²) in [6, 6.07) is 5.92. The molecule has 0 radical (unpaired) electrons. The molecule has 0 atom stereocenters. The van der Waals surface area contributed by atoms with Crippen molar-refractivity contribution in [3.05, 3.63) is 47.5 Å². The van der Waals surface area contributed by atoms with Gasteiger partial charge < -0.3 is 15.0 Å². The molecule has 0 saturated carbocycles. The number of hydrogen-bond acceptors (Lipinski definition) is 3. The molecule has 0 unspecified atom stereocenters. The molecule has 5 nitrogen and oxygen atoms in total. The molecule has 0 fully saturated rings. The molecule has 0 aliphatic heterocycles. The number of rotatable bonds is 6. The first-order valence-electron chi connectivity index (χ1n) is 6.59. The Morgan fingerprint density at radius 1 is 1.35 bits per heavy atom. The number of H-pyrrole nitrogens is 1. The molecule has 1 amide bonds. The van der Waals surface area contributed by atoms with Crippen molar-refractivity contribution in [3.63, 3.8) is 0 Å². The predicted octanol–water partition coefficient (Wildman–Crippen LogP) is 2.11. The molecule has 0 saturated heterocycles. The second-order valence-electron chi connectivity index (χ2n) is 4.70. The SMILES string of the molecule is Cc1ccc(OCCC(=O)NCc2cnc[nH]2)cc1C. The van der Waals surface area contributed by atoms with E-state index in [1.54, 1.807) is 12.5 Å². The van der Waals surface area contributed by atoms with Gasteiger partial charge in [-0.1, -0.05) is 6.07 Å². The van der Waals surface area contributed by atoms with Gasteiger partial charge in [0.2, 0.25) is 5.91 Å². The lowest BCUT2D eigenvalue weighted by Crippen LogP contribution is -2.24. The van der Waals surface area contributed by atoms with Gasteiger partial charge in [-0.05, 0) is 37.1 Å². The molecule has 5 heteroatoms. The van der Waals surface area contributed by atoms with E-state index in [1.807, 2.05) is 25.1 Å². The van der Waals surface area contributed by atoms with Crippen LogP contribution in [-0.2, 0) is 11.3 Å². The average Bonchev–Trinajstić information content (AvgIpc) is 2.94. The highest BCUT2D eigenvalue weighted by Gasteiger charge is 2.03. The molecule has 0 aliphatic rings. The molecule has 1 aromatic heterocycles. The Hall–Kier alpha value is -2.30. The monoisotopic (exact) mass is 273 g/mol. The number of ether oxygens (including phenoxy) is 1. The highest BCUT2D eigenvalue weighted by atomic mass is 16.5. The summed E-state index contributed by atoms with van der Waals surface area (Å²) >= 11 is 0. The summed E-state index contributed by atoms with van der Waals surface area (Å²) in [5.74, 6) is 0.762. The number of imidazole rings is 1. The zero-order valence-electron chi connectivity index (χ0n) is 11.8. The molecule has 0 spiro atoms. The molecule has 2 aromatic rings. The van der Waals surface area contributed by atoms with Crippen molar-refractivity contribution in [2.75, 3.05) is 6.61 Å². The van der Waals surface area contributed by atoms with Crippen molar-refractivity contribution >= 4 is 5.91 Å². The highest BCUT2D eigenvalue weighted by molar-refractivity contribution is 5.75. The summed E-state index contributed by atoms with van der Waals surface area (Å²) in [4.78, 5) is 18.4. The summed E-state index contributed by atoms with van der Waals surface area (Å²) in [5, 5.41) is 2.80. The largest absolute Gasteiger partial charge is 0.493 e. The van der Waals surface area contributed by atoms with Crippen LogP contribution in [0.1, 0.15) is 23.2 Å². The zero-order valence-corrected chi connectivity index (χ0v) is 11.8. The molecule has 106 valence electrons. The molecule has 1 heterocycles. The first kappa shape index (κ1) is 14.1. The predicted molar refractivity (Wildman–Crippen MR) is 76.5 cm³/mol. The Morgan fingerprint density at radius 3 is 2.90 bits per heavy atom. The summed E-state index contributed by atoms with van der Waals surface area (Å²) in [6.45, 7) is 4.93. The molecule has 0 bridgehead atoms. The van der Waals surface area contributed by atoms with Gasteiger partial charge in [0.05, 0.1) is 31.6 Å². The number of aryl methyl sites for hydroxylation is 2. The van der Waals surface area contributed by atoms with Crippen LogP contribution in [0.2, 0.25) is 0 Å². The summed E-state index contributed by atoms with van der Waals surface area (Å²) in [5.41, 5.74) is 3.30. The Morgan fingerprint density at radius 2 is 2.20 bits per heavy atom. The quantitative estimate of drug-likeness (QED) is 0.847. The molecule has 2 N–H and O–H groups in total. The maximum Gasteiger partial charge on any atom is 0.223 e. The number of carbonyl (C=O) groups is 1. The Balaban J connectivity index is 1.69. The Kier molecular flexibility index (Phi) is 4.76. The van der Waals surface area contributed by atoms with Crippen LogP contribution in [0.15, 0.2) is 30.7 Å². The maximum absolute atomic E-state index is 11.6. The maximum atomic E-state index is 11.6. The van der Waals surface area contributed by atoms with E-state index in [9.17, 15) is 4.79 Å². The van der Waals surface area contributed by atoms with Crippen LogP contribution >= 0.6 is 0 Å². The molecule has 20 heavy (non-hydrogen) atoms.